The van der Waals surface area contributed by atoms with Gasteiger partial charge in [-0.2, -0.15) is 0 Å². The Bertz CT molecular complexity index is 605. The van der Waals surface area contributed by atoms with E-state index in [0.717, 1.165) is 26.5 Å². The molecule has 0 saturated heterocycles. The molecule has 1 nitrogen and oxygen atoms in total. The SMILES string of the molecule is CC(C)(C)NCc1ccc(Sc2ccc(Br)cc2)cc1Cl. The van der Waals surface area contributed by atoms with Crippen molar-refractivity contribution >= 4 is 39.3 Å². The molecule has 0 aromatic heterocycles. The van der Waals surface area contributed by atoms with Crippen molar-refractivity contribution in [3.63, 3.8) is 0 Å². The van der Waals surface area contributed by atoms with E-state index in [1.807, 2.05) is 18.2 Å². The normalized spacial score (nSPS) is 11.7. The van der Waals surface area contributed by atoms with E-state index in [9.17, 15) is 0 Å². The predicted octanol–water partition coefficient (Wildman–Crippen LogP) is 6.14. The topological polar surface area (TPSA) is 12.0 Å². The Kier molecular flexibility index (Phi) is 5.78. The summed E-state index contributed by atoms with van der Waals surface area (Å²) >= 11 is 11.6. The van der Waals surface area contributed by atoms with Crippen LogP contribution >= 0.6 is 39.3 Å². The van der Waals surface area contributed by atoms with E-state index in [1.165, 1.54) is 4.90 Å². The summed E-state index contributed by atoms with van der Waals surface area (Å²) in [6.45, 7) is 7.24. The van der Waals surface area contributed by atoms with Gasteiger partial charge in [-0.05, 0) is 62.7 Å². The average molecular weight is 385 g/mol. The molecule has 0 heterocycles. The summed E-state index contributed by atoms with van der Waals surface area (Å²) in [6.07, 6.45) is 0. The second kappa shape index (κ2) is 7.19. The number of hydrogen-bond donors (Lipinski definition) is 1. The van der Waals surface area contributed by atoms with Crippen LogP contribution in [0.15, 0.2) is 56.7 Å². The molecule has 112 valence electrons. The van der Waals surface area contributed by atoms with Crippen LogP contribution in [0.1, 0.15) is 26.3 Å². The van der Waals surface area contributed by atoms with Crippen LogP contribution in [0.25, 0.3) is 0 Å². The van der Waals surface area contributed by atoms with Gasteiger partial charge in [-0.15, -0.1) is 0 Å². The van der Waals surface area contributed by atoms with Gasteiger partial charge in [0.15, 0.2) is 0 Å². The molecule has 0 fully saturated rings. The monoisotopic (exact) mass is 383 g/mol. The van der Waals surface area contributed by atoms with Crippen LogP contribution in [0.2, 0.25) is 5.02 Å². The summed E-state index contributed by atoms with van der Waals surface area (Å²) < 4.78 is 1.09. The van der Waals surface area contributed by atoms with Crippen molar-refractivity contribution in [1.29, 1.82) is 0 Å². The minimum absolute atomic E-state index is 0.0914. The van der Waals surface area contributed by atoms with Crippen LogP contribution in [0.4, 0.5) is 0 Å². The van der Waals surface area contributed by atoms with Gasteiger partial charge in [-0.1, -0.05) is 45.4 Å². The largest absolute Gasteiger partial charge is 0.308 e. The van der Waals surface area contributed by atoms with E-state index >= 15 is 0 Å². The zero-order valence-electron chi connectivity index (χ0n) is 12.4. The standard InChI is InChI=1S/C17H19BrClNS/c1-17(2,3)20-11-12-4-7-15(10-16(12)19)21-14-8-5-13(18)6-9-14/h4-10,20H,11H2,1-3H3. The smallest absolute Gasteiger partial charge is 0.0462 e. The van der Waals surface area contributed by atoms with Crippen LogP contribution in [0.3, 0.4) is 0 Å². The summed E-state index contributed by atoms with van der Waals surface area (Å²) in [5, 5.41) is 4.27. The van der Waals surface area contributed by atoms with Gasteiger partial charge in [-0.25, -0.2) is 0 Å². The van der Waals surface area contributed by atoms with Crippen molar-refractivity contribution in [2.75, 3.05) is 0 Å². The Morgan fingerprint density at radius 1 is 1.05 bits per heavy atom. The average Bonchev–Trinajstić information content (AvgIpc) is 2.39. The number of hydrogen-bond acceptors (Lipinski definition) is 2. The maximum absolute atomic E-state index is 6.39. The lowest BCUT2D eigenvalue weighted by Crippen LogP contribution is -2.35. The third kappa shape index (κ3) is 5.67. The lowest BCUT2D eigenvalue weighted by atomic mass is 10.1. The molecular weight excluding hydrogens is 366 g/mol. The fraction of sp³-hybridized carbons (Fsp3) is 0.294. The molecule has 0 unspecified atom stereocenters. The molecule has 0 bridgehead atoms. The van der Waals surface area contributed by atoms with Crippen molar-refractivity contribution in [3.8, 4) is 0 Å². The molecule has 0 amide bonds. The second-order valence-corrected chi connectivity index (χ2v) is 8.38. The van der Waals surface area contributed by atoms with Crippen LogP contribution in [0.5, 0.6) is 0 Å². The van der Waals surface area contributed by atoms with Gasteiger partial charge in [0.2, 0.25) is 0 Å². The highest BCUT2D eigenvalue weighted by molar-refractivity contribution is 9.10. The minimum Gasteiger partial charge on any atom is -0.308 e. The fourth-order valence-electron chi connectivity index (χ4n) is 1.73. The van der Waals surface area contributed by atoms with Crippen LogP contribution in [-0.2, 0) is 6.54 Å². The lowest BCUT2D eigenvalue weighted by Gasteiger charge is -2.21. The molecule has 0 radical (unpaired) electrons. The molecule has 2 aromatic rings. The molecule has 0 aliphatic heterocycles. The Morgan fingerprint density at radius 2 is 1.67 bits per heavy atom. The Hall–Kier alpha value is -0.480. The maximum Gasteiger partial charge on any atom is 0.0462 e. The van der Waals surface area contributed by atoms with Crippen LogP contribution in [-0.4, -0.2) is 5.54 Å². The molecule has 21 heavy (non-hydrogen) atoms. The zero-order chi connectivity index (χ0) is 15.5. The summed E-state index contributed by atoms with van der Waals surface area (Å²) in [4.78, 5) is 2.36. The van der Waals surface area contributed by atoms with Gasteiger partial charge in [0.1, 0.15) is 0 Å². The van der Waals surface area contributed by atoms with Gasteiger partial charge in [0.05, 0.1) is 0 Å². The number of halogens is 2. The summed E-state index contributed by atoms with van der Waals surface area (Å²) in [5.74, 6) is 0. The first kappa shape index (κ1) is 16.9. The highest BCUT2D eigenvalue weighted by Crippen LogP contribution is 2.31. The molecular formula is C17H19BrClNS. The van der Waals surface area contributed by atoms with E-state index in [4.69, 9.17) is 11.6 Å². The first-order valence-electron chi connectivity index (χ1n) is 6.80. The second-order valence-electron chi connectivity index (χ2n) is 5.91. The maximum atomic E-state index is 6.39. The highest BCUT2D eigenvalue weighted by Gasteiger charge is 2.10. The van der Waals surface area contributed by atoms with Gasteiger partial charge in [0, 0.05) is 31.4 Å². The van der Waals surface area contributed by atoms with Crippen molar-refractivity contribution in [1.82, 2.24) is 5.32 Å². The Balaban J connectivity index is 2.06. The third-order valence-electron chi connectivity index (χ3n) is 2.88. The fourth-order valence-corrected chi connectivity index (χ4v) is 3.17. The van der Waals surface area contributed by atoms with E-state index < -0.39 is 0 Å². The van der Waals surface area contributed by atoms with E-state index in [0.29, 0.717) is 0 Å². The molecule has 0 aliphatic carbocycles. The van der Waals surface area contributed by atoms with Crippen molar-refractivity contribution in [2.24, 2.45) is 0 Å². The van der Waals surface area contributed by atoms with Gasteiger partial charge < -0.3 is 5.32 Å². The van der Waals surface area contributed by atoms with E-state index in [-0.39, 0.29) is 5.54 Å². The van der Waals surface area contributed by atoms with Crippen LogP contribution in [0, 0.1) is 0 Å². The van der Waals surface area contributed by atoms with E-state index in [2.05, 4.69) is 66.3 Å². The summed E-state index contributed by atoms with van der Waals surface area (Å²) in [5.41, 5.74) is 1.22. The van der Waals surface area contributed by atoms with Gasteiger partial charge >= 0.3 is 0 Å². The molecule has 0 aliphatic rings. The predicted molar refractivity (Wildman–Crippen MR) is 96.3 cm³/mol. The zero-order valence-corrected chi connectivity index (χ0v) is 15.6. The quantitative estimate of drug-likeness (QED) is 0.679. The first-order chi connectivity index (χ1) is 9.83. The number of rotatable bonds is 4. The third-order valence-corrected chi connectivity index (χ3v) is 4.76. The summed E-state index contributed by atoms with van der Waals surface area (Å²) in [7, 11) is 0. The van der Waals surface area contributed by atoms with Gasteiger partial charge in [-0.3, -0.25) is 0 Å². The van der Waals surface area contributed by atoms with Crippen molar-refractivity contribution < 1.29 is 0 Å². The Morgan fingerprint density at radius 3 is 2.24 bits per heavy atom. The molecule has 2 rings (SSSR count). The Labute approximate surface area is 144 Å². The lowest BCUT2D eigenvalue weighted by molar-refractivity contribution is 0.424. The number of benzene rings is 2. The van der Waals surface area contributed by atoms with Crippen LogP contribution < -0.4 is 5.32 Å². The first-order valence-corrected chi connectivity index (χ1v) is 8.79. The van der Waals surface area contributed by atoms with Crippen molar-refractivity contribution in [3.05, 3.63) is 57.5 Å². The molecule has 2 aromatic carbocycles. The minimum atomic E-state index is 0.0914. The molecule has 0 atom stereocenters. The molecule has 4 heteroatoms. The van der Waals surface area contributed by atoms with Crippen molar-refractivity contribution in [2.45, 2.75) is 42.6 Å². The molecule has 0 spiro atoms. The van der Waals surface area contributed by atoms with E-state index in [1.54, 1.807) is 11.8 Å². The number of nitrogens with one attached hydrogen (secondary N) is 1. The van der Waals surface area contributed by atoms with Gasteiger partial charge in [0.25, 0.3) is 0 Å². The summed E-state index contributed by atoms with van der Waals surface area (Å²) in [6, 6.07) is 14.5. The highest BCUT2D eigenvalue weighted by atomic mass is 79.9. The molecule has 0 saturated carbocycles. The molecule has 1 N–H and O–H groups in total.